The van der Waals surface area contributed by atoms with Crippen molar-refractivity contribution >= 4 is 17.5 Å². The minimum Gasteiger partial charge on any atom is -0.351 e. The molecule has 0 aliphatic heterocycles. The van der Waals surface area contributed by atoms with Crippen LogP contribution in [0, 0.1) is 11.3 Å². The highest BCUT2D eigenvalue weighted by Gasteiger charge is 2.10. The summed E-state index contributed by atoms with van der Waals surface area (Å²) in [5, 5.41) is 11.7. The third-order valence-corrected chi connectivity index (χ3v) is 2.66. The molecule has 0 atom stereocenters. The van der Waals surface area contributed by atoms with E-state index in [4.69, 9.17) is 11.6 Å². The van der Waals surface area contributed by atoms with Crippen LogP contribution in [-0.2, 0) is 0 Å². The Morgan fingerprint density at radius 1 is 1.25 bits per heavy atom. The molecule has 0 aliphatic rings. The summed E-state index contributed by atoms with van der Waals surface area (Å²) in [6, 6.07) is 10.1. The molecule has 7 heteroatoms. The average Bonchev–Trinajstić information content (AvgIpc) is 2.46. The Hall–Kier alpha value is -3.11. The van der Waals surface area contributed by atoms with E-state index in [9.17, 15) is 10.1 Å². The number of anilines is 2. The number of urea groups is 1. The van der Waals surface area contributed by atoms with Gasteiger partial charge in [-0.1, -0.05) is 12.1 Å². The van der Waals surface area contributed by atoms with Gasteiger partial charge >= 0.3 is 6.03 Å². The number of primary amides is 1. The molecule has 0 saturated carbocycles. The molecule has 1 aromatic carbocycles. The van der Waals surface area contributed by atoms with Gasteiger partial charge in [0.15, 0.2) is 5.82 Å². The Bertz CT molecular complexity index is 674. The van der Waals surface area contributed by atoms with Gasteiger partial charge in [0.1, 0.15) is 11.6 Å². The first-order valence-corrected chi connectivity index (χ1v) is 5.68. The third kappa shape index (κ3) is 2.66. The number of aromatic nitrogens is 1. The number of nitrogen functional groups attached to an aromatic ring is 1. The molecule has 2 rings (SSSR count). The predicted molar refractivity (Wildman–Crippen MR) is 75.4 cm³/mol. The van der Waals surface area contributed by atoms with Crippen LogP contribution in [0.25, 0.3) is 11.1 Å². The highest BCUT2D eigenvalue weighted by molar-refractivity contribution is 5.88. The zero-order valence-corrected chi connectivity index (χ0v) is 10.4. The molecule has 100 valence electrons. The second kappa shape index (κ2) is 5.69. The van der Waals surface area contributed by atoms with E-state index < -0.39 is 6.03 Å². The van der Waals surface area contributed by atoms with Crippen LogP contribution in [0.15, 0.2) is 36.5 Å². The number of carbonyl (C=O) groups is 1. The molecule has 0 fully saturated rings. The Balaban J connectivity index is 2.42. The van der Waals surface area contributed by atoms with Crippen molar-refractivity contribution in [3.8, 4) is 17.2 Å². The maximum atomic E-state index is 10.7. The molecule has 20 heavy (non-hydrogen) atoms. The van der Waals surface area contributed by atoms with Gasteiger partial charge in [0, 0.05) is 17.4 Å². The van der Waals surface area contributed by atoms with Crippen molar-refractivity contribution in [2.75, 3.05) is 10.7 Å². The fraction of sp³-hybridized carbons (Fsp3) is 0. The summed E-state index contributed by atoms with van der Waals surface area (Å²) >= 11 is 0. The molecule has 0 unspecified atom stereocenters. The molecular formula is C13H12N6O. The first-order valence-electron chi connectivity index (χ1n) is 5.68. The van der Waals surface area contributed by atoms with Crippen molar-refractivity contribution in [3.63, 3.8) is 0 Å². The third-order valence-electron chi connectivity index (χ3n) is 2.66. The number of rotatable bonds is 3. The van der Waals surface area contributed by atoms with Gasteiger partial charge in [-0.15, -0.1) is 0 Å². The predicted octanol–water partition coefficient (Wildman–Crippen LogP) is 1.40. The molecule has 1 heterocycles. The van der Waals surface area contributed by atoms with Gasteiger partial charge in [0.05, 0.1) is 0 Å². The van der Waals surface area contributed by atoms with E-state index >= 15 is 0 Å². The number of hydrogen-bond acceptors (Lipinski definition) is 5. The summed E-state index contributed by atoms with van der Waals surface area (Å²) in [7, 11) is 0. The minimum atomic E-state index is -0.631. The Morgan fingerprint density at radius 3 is 2.50 bits per heavy atom. The van der Waals surface area contributed by atoms with Crippen LogP contribution >= 0.6 is 0 Å². The zero-order chi connectivity index (χ0) is 14.5. The lowest BCUT2D eigenvalue weighted by Crippen LogP contribution is -2.19. The van der Waals surface area contributed by atoms with Crippen LogP contribution in [0.3, 0.4) is 0 Å². The first-order chi connectivity index (χ1) is 9.65. The van der Waals surface area contributed by atoms with Crippen LogP contribution in [0.4, 0.5) is 16.3 Å². The van der Waals surface area contributed by atoms with E-state index in [1.807, 2.05) is 0 Å². The number of nitrogens with one attached hydrogen (secondary N) is 2. The highest BCUT2D eigenvalue weighted by atomic mass is 16.2. The highest BCUT2D eigenvalue weighted by Crippen LogP contribution is 2.27. The van der Waals surface area contributed by atoms with Gasteiger partial charge in [0.25, 0.3) is 0 Å². The molecule has 7 nitrogen and oxygen atoms in total. The van der Waals surface area contributed by atoms with E-state index in [1.54, 1.807) is 36.5 Å². The fourth-order valence-electron chi connectivity index (χ4n) is 1.80. The molecule has 0 bridgehead atoms. The van der Waals surface area contributed by atoms with Gasteiger partial charge in [-0.2, -0.15) is 5.26 Å². The van der Waals surface area contributed by atoms with E-state index in [1.165, 1.54) is 0 Å². The number of nitrogens with zero attached hydrogens (tertiary/aromatic N) is 2. The molecule has 2 aromatic rings. The maximum absolute atomic E-state index is 10.7. The second-order valence-corrected chi connectivity index (χ2v) is 3.90. The van der Waals surface area contributed by atoms with Crippen molar-refractivity contribution < 1.29 is 4.79 Å². The van der Waals surface area contributed by atoms with E-state index in [0.29, 0.717) is 22.6 Å². The standard InChI is InChI=1S/C13H12N6O/c14-7-11-10(5-6-17-12(11)19-16)8-1-3-9(4-2-8)18-13(15)20/h1-6H,16H2,(H,17,19)(H3,15,18,20). The number of hydrazine groups is 1. The summed E-state index contributed by atoms with van der Waals surface area (Å²) in [4.78, 5) is 14.7. The van der Waals surface area contributed by atoms with Crippen molar-refractivity contribution in [2.24, 2.45) is 11.6 Å². The van der Waals surface area contributed by atoms with Gasteiger partial charge in [0.2, 0.25) is 0 Å². The van der Waals surface area contributed by atoms with Crippen LogP contribution in [-0.4, -0.2) is 11.0 Å². The molecule has 6 N–H and O–H groups in total. The maximum Gasteiger partial charge on any atom is 0.316 e. The van der Waals surface area contributed by atoms with Gasteiger partial charge < -0.3 is 16.5 Å². The van der Waals surface area contributed by atoms with Crippen LogP contribution < -0.4 is 22.3 Å². The summed E-state index contributed by atoms with van der Waals surface area (Å²) in [6.07, 6.45) is 1.56. The molecule has 0 radical (unpaired) electrons. The molecule has 0 saturated heterocycles. The lowest BCUT2D eigenvalue weighted by atomic mass is 10.0. The molecule has 2 amide bonds. The van der Waals surface area contributed by atoms with Crippen molar-refractivity contribution in [1.29, 1.82) is 5.26 Å². The number of benzene rings is 1. The molecular weight excluding hydrogens is 256 g/mol. The quantitative estimate of drug-likeness (QED) is 0.493. The van der Waals surface area contributed by atoms with E-state index in [2.05, 4.69) is 21.8 Å². The Labute approximate surface area is 115 Å². The number of hydrogen-bond donors (Lipinski definition) is 4. The minimum absolute atomic E-state index is 0.310. The first kappa shape index (κ1) is 13.3. The number of amides is 2. The van der Waals surface area contributed by atoms with Crippen LogP contribution in [0.2, 0.25) is 0 Å². The number of carbonyl (C=O) groups excluding carboxylic acids is 1. The normalized spacial score (nSPS) is 9.60. The summed E-state index contributed by atoms with van der Waals surface area (Å²) in [5.41, 5.74) is 9.84. The molecule has 1 aromatic heterocycles. The number of nitrogens with two attached hydrogens (primary N) is 2. The summed E-state index contributed by atoms with van der Waals surface area (Å²) < 4.78 is 0. The van der Waals surface area contributed by atoms with E-state index in [0.717, 1.165) is 5.56 Å². The van der Waals surface area contributed by atoms with E-state index in [-0.39, 0.29) is 0 Å². The number of nitriles is 1. The summed E-state index contributed by atoms with van der Waals surface area (Å²) in [6.45, 7) is 0. The van der Waals surface area contributed by atoms with Crippen molar-refractivity contribution in [2.45, 2.75) is 0 Å². The lowest BCUT2D eigenvalue weighted by Gasteiger charge is -2.09. The topological polar surface area (TPSA) is 130 Å². The van der Waals surface area contributed by atoms with Gasteiger partial charge in [-0.05, 0) is 23.8 Å². The smallest absolute Gasteiger partial charge is 0.316 e. The fourth-order valence-corrected chi connectivity index (χ4v) is 1.80. The molecule has 0 spiro atoms. The van der Waals surface area contributed by atoms with Crippen molar-refractivity contribution in [1.82, 2.24) is 4.98 Å². The average molecular weight is 268 g/mol. The van der Waals surface area contributed by atoms with Crippen molar-refractivity contribution in [3.05, 3.63) is 42.1 Å². The largest absolute Gasteiger partial charge is 0.351 e. The SMILES string of the molecule is N#Cc1c(-c2ccc(NC(N)=O)cc2)ccnc1NN. The van der Waals surface area contributed by atoms with Gasteiger partial charge in [-0.3, -0.25) is 0 Å². The zero-order valence-electron chi connectivity index (χ0n) is 10.4. The molecule has 0 aliphatic carbocycles. The Kier molecular flexibility index (Phi) is 3.79. The Morgan fingerprint density at radius 2 is 1.95 bits per heavy atom. The van der Waals surface area contributed by atoms with Crippen LogP contribution in [0.5, 0.6) is 0 Å². The lowest BCUT2D eigenvalue weighted by molar-refractivity contribution is 0.259. The monoisotopic (exact) mass is 268 g/mol. The second-order valence-electron chi connectivity index (χ2n) is 3.90. The number of pyridine rings is 1. The summed E-state index contributed by atoms with van der Waals surface area (Å²) in [5.74, 6) is 5.64. The van der Waals surface area contributed by atoms with Gasteiger partial charge in [-0.25, -0.2) is 15.6 Å². The van der Waals surface area contributed by atoms with Crippen LogP contribution in [0.1, 0.15) is 5.56 Å².